The minimum atomic E-state index is -0.727. The van der Waals surface area contributed by atoms with Gasteiger partial charge in [-0.1, -0.05) is 33.6 Å². The van der Waals surface area contributed by atoms with E-state index in [1.165, 1.54) is 4.90 Å². The fourth-order valence-corrected chi connectivity index (χ4v) is 3.12. The van der Waals surface area contributed by atoms with Gasteiger partial charge in [-0.05, 0) is 24.2 Å². The van der Waals surface area contributed by atoms with Crippen molar-refractivity contribution in [2.45, 2.75) is 40.0 Å². The lowest BCUT2D eigenvalue weighted by Gasteiger charge is -2.34. The molecule has 0 aromatic heterocycles. The first-order valence-corrected chi connectivity index (χ1v) is 7.08. The summed E-state index contributed by atoms with van der Waals surface area (Å²) in [6.07, 6.45) is 3.36. The van der Waals surface area contributed by atoms with Crippen molar-refractivity contribution in [3.8, 4) is 0 Å². The number of amides is 4. The Morgan fingerprint density at radius 1 is 1.26 bits per heavy atom. The Morgan fingerprint density at radius 3 is 2.47 bits per heavy atom. The Labute approximate surface area is 113 Å². The number of hydrogen-bond acceptors (Lipinski definition) is 3. The SMILES string of the molecule is CC(C)C1C(=O)NC(=O)N(CC2CCCC2C)C1=O. The highest BCUT2D eigenvalue weighted by Crippen LogP contribution is 2.32. The summed E-state index contributed by atoms with van der Waals surface area (Å²) in [7, 11) is 0. The summed E-state index contributed by atoms with van der Waals surface area (Å²) in [6, 6.07) is -0.550. The molecule has 2 aliphatic rings. The van der Waals surface area contributed by atoms with Crippen LogP contribution in [0.15, 0.2) is 0 Å². The molecule has 0 spiro atoms. The Kier molecular flexibility index (Phi) is 3.92. The van der Waals surface area contributed by atoms with Gasteiger partial charge in [0.25, 0.3) is 0 Å². The van der Waals surface area contributed by atoms with Crippen LogP contribution in [0.1, 0.15) is 40.0 Å². The van der Waals surface area contributed by atoms with Crippen LogP contribution in [0.2, 0.25) is 0 Å². The maximum Gasteiger partial charge on any atom is 0.330 e. The van der Waals surface area contributed by atoms with Gasteiger partial charge >= 0.3 is 6.03 Å². The van der Waals surface area contributed by atoms with Crippen molar-refractivity contribution in [1.82, 2.24) is 10.2 Å². The molecular formula is C14H22N2O3. The predicted molar refractivity (Wildman–Crippen MR) is 70.1 cm³/mol. The lowest BCUT2D eigenvalue weighted by Crippen LogP contribution is -2.60. The topological polar surface area (TPSA) is 66.5 Å². The molecule has 0 radical (unpaired) electrons. The summed E-state index contributed by atoms with van der Waals surface area (Å²) < 4.78 is 0. The van der Waals surface area contributed by atoms with Crippen LogP contribution in [0, 0.1) is 23.7 Å². The standard InChI is InChI=1S/C14H22N2O3/c1-8(2)11-12(17)15-14(19)16(13(11)18)7-10-6-4-5-9(10)3/h8-11H,4-7H2,1-3H3,(H,15,17,19). The molecular weight excluding hydrogens is 244 g/mol. The van der Waals surface area contributed by atoms with E-state index in [0.29, 0.717) is 18.4 Å². The number of nitrogens with zero attached hydrogens (tertiary/aromatic N) is 1. The van der Waals surface area contributed by atoms with Crippen molar-refractivity contribution >= 4 is 17.8 Å². The number of barbiturate groups is 1. The fraction of sp³-hybridized carbons (Fsp3) is 0.786. The second kappa shape index (κ2) is 5.31. The molecule has 1 heterocycles. The van der Waals surface area contributed by atoms with Gasteiger partial charge in [0.05, 0.1) is 0 Å². The highest BCUT2D eigenvalue weighted by Gasteiger charge is 2.43. The van der Waals surface area contributed by atoms with Gasteiger partial charge in [0, 0.05) is 6.54 Å². The Morgan fingerprint density at radius 2 is 1.95 bits per heavy atom. The molecule has 0 aromatic rings. The van der Waals surface area contributed by atoms with Crippen LogP contribution in [0.4, 0.5) is 4.79 Å². The average Bonchev–Trinajstić information content (AvgIpc) is 2.69. The second-order valence-electron chi connectivity index (χ2n) is 6.13. The van der Waals surface area contributed by atoms with Crippen LogP contribution in [0.25, 0.3) is 0 Å². The minimum Gasteiger partial charge on any atom is -0.277 e. The Bertz CT molecular complexity index is 405. The molecule has 5 nitrogen and oxygen atoms in total. The summed E-state index contributed by atoms with van der Waals surface area (Å²) >= 11 is 0. The van der Waals surface area contributed by atoms with Gasteiger partial charge in [-0.3, -0.25) is 19.8 Å². The monoisotopic (exact) mass is 266 g/mol. The van der Waals surface area contributed by atoms with Gasteiger partial charge in [-0.2, -0.15) is 0 Å². The van der Waals surface area contributed by atoms with Crippen LogP contribution < -0.4 is 5.32 Å². The summed E-state index contributed by atoms with van der Waals surface area (Å²) in [5.74, 6) is -0.700. The van der Waals surface area contributed by atoms with Gasteiger partial charge in [0.1, 0.15) is 5.92 Å². The molecule has 3 atom stereocenters. The number of imide groups is 2. The Hall–Kier alpha value is -1.39. The van der Waals surface area contributed by atoms with Crippen molar-refractivity contribution < 1.29 is 14.4 Å². The third kappa shape index (κ3) is 2.65. The van der Waals surface area contributed by atoms with E-state index in [2.05, 4.69) is 12.2 Å². The van der Waals surface area contributed by atoms with Crippen LogP contribution in [0.5, 0.6) is 0 Å². The molecule has 1 saturated heterocycles. The fourth-order valence-electron chi connectivity index (χ4n) is 3.12. The maximum absolute atomic E-state index is 12.3. The first-order chi connectivity index (χ1) is 8.91. The quantitative estimate of drug-likeness (QED) is 0.792. The van der Waals surface area contributed by atoms with E-state index < -0.39 is 17.9 Å². The molecule has 19 heavy (non-hydrogen) atoms. The lowest BCUT2D eigenvalue weighted by molar-refractivity contribution is -0.144. The summed E-state index contributed by atoms with van der Waals surface area (Å²) in [5.41, 5.74) is 0. The molecule has 2 rings (SSSR count). The largest absolute Gasteiger partial charge is 0.330 e. The first kappa shape index (κ1) is 14.0. The smallest absolute Gasteiger partial charge is 0.277 e. The van der Waals surface area contributed by atoms with Crippen molar-refractivity contribution in [2.24, 2.45) is 23.7 Å². The third-order valence-electron chi connectivity index (χ3n) is 4.41. The maximum atomic E-state index is 12.3. The van der Waals surface area contributed by atoms with Crippen LogP contribution >= 0.6 is 0 Å². The lowest BCUT2D eigenvalue weighted by atomic mass is 9.90. The Balaban J connectivity index is 2.12. The average molecular weight is 266 g/mol. The highest BCUT2D eigenvalue weighted by molar-refractivity contribution is 6.16. The zero-order valence-electron chi connectivity index (χ0n) is 11.8. The van der Waals surface area contributed by atoms with Gasteiger partial charge in [0.2, 0.25) is 11.8 Å². The second-order valence-corrected chi connectivity index (χ2v) is 6.13. The van der Waals surface area contributed by atoms with Crippen LogP contribution in [-0.2, 0) is 9.59 Å². The molecule has 3 unspecified atom stereocenters. The van der Waals surface area contributed by atoms with Crippen LogP contribution in [-0.4, -0.2) is 29.3 Å². The molecule has 5 heteroatoms. The molecule has 1 aliphatic heterocycles. The van der Waals surface area contributed by atoms with E-state index in [9.17, 15) is 14.4 Å². The summed E-state index contributed by atoms with van der Waals surface area (Å²) in [4.78, 5) is 37.2. The number of rotatable bonds is 3. The van der Waals surface area contributed by atoms with E-state index in [0.717, 1.165) is 19.3 Å². The molecule has 1 N–H and O–H groups in total. The number of urea groups is 1. The zero-order chi connectivity index (χ0) is 14.2. The van der Waals surface area contributed by atoms with E-state index in [1.54, 1.807) is 0 Å². The minimum absolute atomic E-state index is 0.0934. The van der Waals surface area contributed by atoms with Crippen molar-refractivity contribution in [2.75, 3.05) is 6.54 Å². The third-order valence-corrected chi connectivity index (χ3v) is 4.41. The number of carbonyl (C=O) groups excluding carboxylic acids is 3. The zero-order valence-corrected chi connectivity index (χ0v) is 11.8. The predicted octanol–water partition coefficient (Wildman–Crippen LogP) is 1.77. The number of carbonyl (C=O) groups is 3. The van der Waals surface area contributed by atoms with Crippen molar-refractivity contribution in [1.29, 1.82) is 0 Å². The first-order valence-electron chi connectivity index (χ1n) is 7.08. The molecule has 0 bridgehead atoms. The highest BCUT2D eigenvalue weighted by atomic mass is 16.2. The van der Waals surface area contributed by atoms with Crippen molar-refractivity contribution in [3.63, 3.8) is 0 Å². The molecule has 1 saturated carbocycles. The molecule has 2 fully saturated rings. The van der Waals surface area contributed by atoms with Crippen molar-refractivity contribution in [3.05, 3.63) is 0 Å². The van der Waals surface area contributed by atoms with Gasteiger partial charge in [-0.15, -0.1) is 0 Å². The van der Waals surface area contributed by atoms with E-state index in [-0.39, 0.29) is 11.8 Å². The molecule has 4 amide bonds. The van der Waals surface area contributed by atoms with Crippen LogP contribution in [0.3, 0.4) is 0 Å². The van der Waals surface area contributed by atoms with E-state index in [4.69, 9.17) is 0 Å². The van der Waals surface area contributed by atoms with E-state index >= 15 is 0 Å². The molecule has 0 aromatic carbocycles. The molecule has 1 aliphatic carbocycles. The number of hydrogen-bond donors (Lipinski definition) is 1. The van der Waals surface area contributed by atoms with Gasteiger partial charge < -0.3 is 0 Å². The number of nitrogens with one attached hydrogen (secondary N) is 1. The summed E-state index contributed by atoms with van der Waals surface area (Å²) in [6.45, 7) is 6.26. The summed E-state index contributed by atoms with van der Waals surface area (Å²) in [5, 5.41) is 2.31. The van der Waals surface area contributed by atoms with E-state index in [1.807, 2.05) is 13.8 Å². The normalized spacial score (nSPS) is 32.1. The van der Waals surface area contributed by atoms with Gasteiger partial charge in [0.15, 0.2) is 0 Å². The van der Waals surface area contributed by atoms with Gasteiger partial charge in [-0.25, -0.2) is 4.79 Å². The molecule has 106 valence electrons.